The summed E-state index contributed by atoms with van der Waals surface area (Å²) in [5.41, 5.74) is 1.95. The molecule has 0 aliphatic heterocycles. The molecule has 3 nitrogen and oxygen atoms in total. The van der Waals surface area contributed by atoms with Crippen LogP contribution in [0.3, 0.4) is 0 Å². The smallest absolute Gasteiger partial charge is 0.142 e. The van der Waals surface area contributed by atoms with Gasteiger partial charge in [-0.1, -0.05) is 13.8 Å². The molecular weight excluding hydrogens is 198 g/mol. The number of aromatic nitrogens is 1. The average Bonchev–Trinajstić information content (AvgIpc) is 3.08. The van der Waals surface area contributed by atoms with Gasteiger partial charge in [0.15, 0.2) is 0 Å². The van der Waals surface area contributed by atoms with E-state index >= 15 is 0 Å². The van der Waals surface area contributed by atoms with Gasteiger partial charge < -0.3 is 5.32 Å². The third kappa shape index (κ3) is 2.16. The molecule has 0 unspecified atom stereocenters. The Morgan fingerprint density at radius 1 is 1.56 bits per heavy atom. The van der Waals surface area contributed by atoms with Gasteiger partial charge in [-0.05, 0) is 36.3 Å². The van der Waals surface area contributed by atoms with Crippen LogP contribution in [0.4, 0.5) is 5.69 Å². The highest BCUT2D eigenvalue weighted by atomic mass is 14.9. The Kier molecular flexibility index (Phi) is 2.82. The van der Waals surface area contributed by atoms with Crippen molar-refractivity contribution in [1.82, 2.24) is 4.98 Å². The summed E-state index contributed by atoms with van der Waals surface area (Å²) in [4.78, 5) is 3.95. The number of anilines is 1. The molecular formula is C13H17N3. The second-order valence-electron chi connectivity index (χ2n) is 4.91. The number of rotatable bonds is 4. The highest BCUT2D eigenvalue weighted by molar-refractivity contribution is 5.46. The number of hydrogen-bond acceptors (Lipinski definition) is 3. The third-order valence-corrected chi connectivity index (χ3v) is 3.64. The number of hydrogen-bond donors (Lipinski definition) is 1. The molecule has 1 aromatic heterocycles. The van der Waals surface area contributed by atoms with Gasteiger partial charge in [0.1, 0.15) is 11.8 Å². The lowest BCUT2D eigenvalue weighted by Crippen LogP contribution is -2.20. The Labute approximate surface area is 96.5 Å². The lowest BCUT2D eigenvalue weighted by molar-refractivity contribution is 0.380. The summed E-state index contributed by atoms with van der Waals surface area (Å²) in [5.74, 6) is 0.720. The normalized spacial score (nSPS) is 16.9. The van der Waals surface area contributed by atoms with Crippen LogP contribution in [-0.2, 0) is 0 Å². The summed E-state index contributed by atoms with van der Waals surface area (Å²) in [6.07, 6.45) is 4.30. The van der Waals surface area contributed by atoms with E-state index < -0.39 is 0 Å². The molecule has 1 saturated carbocycles. The van der Waals surface area contributed by atoms with Crippen LogP contribution in [0.5, 0.6) is 0 Å². The molecule has 2 rings (SSSR count). The van der Waals surface area contributed by atoms with E-state index in [4.69, 9.17) is 5.26 Å². The monoisotopic (exact) mass is 215 g/mol. The lowest BCUT2D eigenvalue weighted by atomic mass is 9.92. The largest absolute Gasteiger partial charge is 0.384 e. The van der Waals surface area contributed by atoms with Crippen LogP contribution in [-0.4, -0.2) is 11.5 Å². The van der Waals surface area contributed by atoms with Crippen molar-refractivity contribution in [2.45, 2.75) is 26.7 Å². The second-order valence-corrected chi connectivity index (χ2v) is 4.91. The zero-order chi connectivity index (χ0) is 11.6. The van der Waals surface area contributed by atoms with Crippen LogP contribution < -0.4 is 5.32 Å². The van der Waals surface area contributed by atoms with Crippen molar-refractivity contribution >= 4 is 5.69 Å². The van der Waals surface area contributed by atoms with Crippen molar-refractivity contribution in [2.24, 2.45) is 11.3 Å². The quantitative estimate of drug-likeness (QED) is 0.840. The Hall–Kier alpha value is -1.56. The van der Waals surface area contributed by atoms with Crippen LogP contribution >= 0.6 is 0 Å². The summed E-state index contributed by atoms with van der Waals surface area (Å²) in [6.45, 7) is 5.56. The molecule has 0 saturated heterocycles. The summed E-state index contributed by atoms with van der Waals surface area (Å²) in [6, 6.07) is 5.77. The molecule has 0 amide bonds. The molecule has 84 valence electrons. The van der Waals surface area contributed by atoms with Crippen LogP contribution in [0.1, 0.15) is 32.4 Å². The third-order valence-electron chi connectivity index (χ3n) is 3.64. The standard InChI is InChI=1S/C13H17N3/c1-10(2)13(4-5-13)9-16-11-3-6-15-12(7-11)8-14/h3,6-7,10H,4-5,9H2,1-2H3,(H,15,16). The minimum atomic E-state index is 0.472. The predicted molar refractivity (Wildman–Crippen MR) is 63.9 cm³/mol. The zero-order valence-corrected chi connectivity index (χ0v) is 9.83. The van der Waals surface area contributed by atoms with E-state index in [1.54, 1.807) is 12.3 Å². The molecule has 0 aromatic carbocycles. The number of nitrogens with zero attached hydrogens (tertiary/aromatic N) is 2. The van der Waals surface area contributed by atoms with Gasteiger partial charge in [0, 0.05) is 18.4 Å². The van der Waals surface area contributed by atoms with Crippen molar-refractivity contribution in [3.63, 3.8) is 0 Å². The van der Waals surface area contributed by atoms with Crippen molar-refractivity contribution in [3.8, 4) is 6.07 Å². The molecule has 1 aliphatic carbocycles. The van der Waals surface area contributed by atoms with Gasteiger partial charge in [-0.15, -0.1) is 0 Å². The molecule has 16 heavy (non-hydrogen) atoms. The first-order valence-electron chi connectivity index (χ1n) is 5.76. The summed E-state index contributed by atoms with van der Waals surface area (Å²) in [7, 11) is 0. The van der Waals surface area contributed by atoms with Crippen molar-refractivity contribution in [1.29, 1.82) is 5.26 Å². The first-order chi connectivity index (χ1) is 7.66. The highest BCUT2D eigenvalue weighted by Gasteiger charge is 2.44. The summed E-state index contributed by atoms with van der Waals surface area (Å²) < 4.78 is 0. The molecule has 1 N–H and O–H groups in total. The van der Waals surface area contributed by atoms with Crippen molar-refractivity contribution in [3.05, 3.63) is 24.0 Å². The van der Waals surface area contributed by atoms with Gasteiger partial charge in [0.25, 0.3) is 0 Å². The first kappa shape index (κ1) is 10.9. The average molecular weight is 215 g/mol. The van der Waals surface area contributed by atoms with Gasteiger partial charge in [-0.3, -0.25) is 0 Å². The molecule has 0 spiro atoms. The van der Waals surface area contributed by atoms with E-state index in [2.05, 4.69) is 30.2 Å². The molecule has 1 aromatic rings. The minimum absolute atomic E-state index is 0.472. The van der Waals surface area contributed by atoms with Crippen molar-refractivity contribution < 1.29 is 0 Å². The molecule has 3 heteroatoms. The van der Waals surface area contributed by atoms with E-state index in [0.717, 1.165) is 18.2 Å². The Bertz CT molecular complexity index is 413. The van der Waals surface area contributed by atoms with Gasteiger partial charge in [-0.25, -0.2) is 4.98 Å². The van der Waals surface area contributed by atoms with Crippen LogP contribution in [0.15, 0.2) is 18.3 Å². The lowest BCUT2D eigenvalue weighted by Gasteiger charge is -2.20. The molecule has 1 heterocycles. The molecule has 1 aliphatic rings. The number of pyridine rings is 1. The van der Waals surface area contributed by atoms with Crippen LogP contribution in [0.25, 0.3) is 0 Å². The van der Waals surface area contributed by atoms with E-state index in [0.29, 0.717) is 11.1 Å². The fourth-order valence-electron chi connectivity index (χ4n) is 2.00. The molecule has 0 bridgehead atoms. The van der Waals surface area contributed by atoms with Gasteiger partial charge in [0.2, 0.25) is 0 Å². The molecule has 0 radical (unpaired) electrons. The van der Waals surface area contributed by atoms with Gasteiger partial charge in [0.05, 0.1) is 0 Å². The van der Waals surface area contributed by atoms with E-state index in [9.17, 15) is 0 Å². The van der Waals surface area contributed by atoms with E-state index in [1.165, 1.54) is 12.8 Å². The topological polar surface area (TPSA) is 48.7 Å². The maximum absolute atomic E-state index is 8.75. The summed E-state index contributed by atoms with van der Waals surface area (Å²) in [5, 5.41) is 12.2. The Morgan fingerprint density at radius 2 is 2.31 bits per heavy atom. The van der Waals surface area contributed by atoms with E-state index in [-0.39, 0.29) is 0 Å². The SMILES string of the molecule is CC(C)C1(CNc2ccnc(C#N)c2)CC1. The van der Waals surface area contributed by atoms with E-state index in [1.807, 2.05) is 6.07 Å². The molecule has 0 atom stereocenters. The summed E-state index contributed by atoms with van der Waals surface area (Å²) >= 11 is 0. The predicted octanol–water partition coefficient (Wildman–Crippen LogP) is 2.80. The fraction of sp³-hybridized carbons (Fsp3) is 0.538. The van der Waals surface area contributed by atoms with Crippen LogP contribution in [0, 0.1) is 22.7 Å². The van der Waals surface area contributed by atoms with Crippen LogP contribution in [0.2, 0.25) is 0 Å². The van der Waals surface area contributed by atoms with Crippen molar-refractivity contribution in [2.75, 3.05) is 11.9 Å². The second kappa shape index (κ2) is 4.13. The first-order valence-corrected chi connectivity index (χ1v) is 5.76. The molecule has 1 fully saturated rings. The maximum Gasteiger partial charge on any atom is 0.142 e. The number of nitriles is 1. The highest BCUT2D eigenvalue weighted by Crippen LogP contribution is 2.51. The Balaban J connectivity index is 1.98. The van der Waals surface area contributed by atoms with Gasteiger partial charge in [-0.2, -0.15) is 5.26 Å². The number of nitrogens with one attached hydrogen (secondary N) is 1. The fourth-order valence-corrected chi connectivity index (χ4v) is 2.00. The van der Waals surface area contributed by atoms with Gasteiger partial charge >= 0.3 is 0 Å². The maximum atomic E-state index is 8.75. The zero-order valence-electron chi connectivity index (χ0n) is 9.83. The Morgan fingerprint density at radius 3 is 2.88 bits per heavy atom. The minimum Gasteiger partial charge on any atom is -0.384 e.